The van der Waals surface area contributed by atoms with Gasteiger partial charge in [-0.2, -0.15) is 22.7 Å². The number of alkyl halides is 3. The normalized spacial score (nSPS) is 16.8. The summed E-state index contributed by atoms with van der Waals surface area (Å²) >= 11 is 0. The van der Waals surface area contributed by atoms with Gasteiger partial charge in [0, 0.05) is 32.7 Å². The Kier molecular flexibility index (Phi) is 8.96. The number of hydrogen-bond acceptors (Lipinski definition) is 4. The minimum atomic E-state index is -5.28. The van der Waals surface area contributed by atoms with Gasteiger partial charge in [0.2, 0.25) is 0 Å². The SMILES string of the molecule is CN=C(NCc1cccc(C#N)c1)NC1CCN(S(=O)(=O)C(F)(F)F)CC1.I. The van der Waals surface area contributed by atoms with Crippen LogP contribution >= 0.6 is 24.0 Å². The number of guanidine groups is 1. The predicted molar refractivity (Wildman–Crippen MR) is 109 cm³/mol. The lowest BCUT2D eigenvalue weighted by Gasteiger charge is -2.32. The predicted octanol–water partition coefficient (Wildman–Crippen LogP) is 2.16. The monoisotopic (exact) mass is 531 g/mol. The second-order valence-corrected chi connectivity index (χ2v) is 7.94. The molecule has 0 saturated carbocycles. The van der Waals surface area contributed by atoms with Crippen LogP contribution in [0, 0.1) is 11.3 Å². The molecule has 1 aromatic rings. The van der Waals surface area contributed by atoms with Crippen LogP contribution in [0.4, 0.5) is 13.2 Å². The molecule has 0 spiro atoms. The smallest absolute Gasteiger partial charge is 0.354 e. The van der Waals surface area contributed by atoms with Crippen molar-refractivity contribution in [2.24, 2.45) is 4.99 Å². The van der Waals surface area contributed by atoms with Crippen LogP contribution in [0.15, 0.2) is 29.3 Å². The molecule has 1 aliphatic heterocycles. The highest BCUT2D eigenvalue weighted by atomic mass is 127. The molecule has 0 aromatic heterocycles. The molecule has 12 heteroatoms. The zero-order chi connectivity index (χ0) is 20.1. The molecule has 2 rings (SSSR count). The third-order valence-electron chi connectivity index (χ3n) is 4.17. The highest BCUT2D eigenvalue weighted by Gasteiger charge is 2.50. The number of nitrogens with zero attached hydrogens (tertiary/aromatic N) is 3. The average molecular weight is 531 g/mol. The van der Waals surface area contributed by atoms with Gasteiger partial charge < -0.3 is 10.6 Å². The maximum atomic E-state index is 12.6. The number of hydrogen-bond donors (Lipinski definition) is 2. The van der Waals surface area contributed by atoms with Crippen molar-refractivity contribution in [3.05, 3.63) is 35.4 Å². The third kappa shape index (κ3) is 6.21. The van der Waals surface area contributed by atoms with Gasteiger partial charge in [-0.15, -0.1) is 24.0 Å². The van der Waals surface area contributed by atoms with Crippen molar-refractivity contribution in [3.63, 3.8) is 0 Å². The van der Waals surface area contributed by atoms with Crippen LogP contribution in [0.25, 0.3) is 0 Å². The first-order valence-corrected chi connectivity index (χ1v) is 9.64. The van der Waals surface area contributed by atoms with Gasteiger partial charge in [0.25, 0.3) is 0 Å². The largest absolute Gasteiger partial charge is 0.511 e. The van der Waals surface area contributed by atoms with E-state index in [1.807, 2.05) is 6.07 Å². The molecular formula is C16H21F3IN5O2S. The fourth-order valence-electron chi connectivity index (χ4n) is 2.71. The van der Waals surface area contributed by atoms with Gasteiger partial charge in [0.1, 0.15) is 0 Å². The Labute approximate surface area is 179 Å². The van der Waals surface area contributed by atoms with E-state index in [9.17, 15) is 21.6 Å². The highest BCUT2D eigenvalue weighted by molar-refractivity contribution is 14.0. The van der Waals surface area contributed by atoms with Gasteiger partial charge in [-0.05, 0) is 30.5 Å². The van der Waals surface area contributed by atoms with E-state index in [-0.39, 0.29) is 55.9 Å². The Morgan fingerprint density at radius 1 is 1.36 bits per heavy atom. The summed E-state index contributed by atoms with van der Waals surface area (Å²) in [6, 6.07) is 8.91. The van der Waals surface area contributed by atoms with E-state index in [1.165, 1.54) is 0 Å². The maximum Gasteiger partial charge on any atom is 0.511 e. The summed E-state index contributed by atoms with van der Waals surface area (Å²) in [5.74, 6) is 0.453. The van der Waals surface area contributed by atoms with Gasteiger partial charge in [0.15, 0.2) is 5.96 Å². The number of aliphatic imine (C=N–C) groups is 1. The Morgan fingerprint density at radius 3 is 2.54 bits per heavy atom. The number of nitriles is 1. The van der Waals surface area contributed by atoms with E-state index in [0.29, 0.717) is 22.4 Å². The Morgan fingerprint density at radius 2 is 2.00 bits per heavy atom. The van der Waals surface area contributed by atoms with Crippen LogP contribution in [-0.4, -0.2) is 50.4 Å². The molecule has 0 amide bonds. The molecule has 0 radical (unpaired) electrons. The maximum absolute atomic E-state index is 12.6. The summed E-state index contributed by atoms with van der Waals surface area (Å²) in [5, 5.41) is 15.1. The summed E-state index contributed by atoms with van der Waals surface area (Å²) in [5.41, 5.74) is -3.86. The summed E-state index contributed by atoms with van der Waals surface area (Å²) in [6.07, 6.45) is 0.472. The molecule has 2 N–H and O–H groups in total. The van der Waals surface area contributed by atoms with E-state index in [2.05, 4.69) is 21.7 Å². The lowest BCUT2D eigenvalue weighted by molar-refractivity contribution is -0.0494. The second-order valence-electron chi connectivity index (χ2n) is 6.01. The molecule has 1 saturated heterocycles. The fraction of sp³-hybridized carbons (Fsp3) is 0.500. The molecule has 1 fully saturated rings. The summed E-state index contributed by atoms with van der Waals surface area (Å²) < 4.78 is 61.1. The number of benzene rings is 1. The van der Waals surface area contributed by atoms with E-state index in [4.69, 9.17) is 5.26 Å². The van der Waals surface area contributed by atoms with Crippen LogP contribution < -0.4 is 10.6 Å². The number of nitrogens with one attached hydrogen (secondary N) is 2. The van der Waals surface area contributed by atoms with Crippen molar-refractivity contribution >= 4 is 40.0 Å². The van der Waals surface area contributed by atoms with Crippen LogP contribution in [0.1, 0.15) is 24.0 Å². The Bertz CT molecular complexity index is 831. The van der Waals surface area contributed by atoms with Gasteiger partial charge in [-0.3, -0.25) is 4.99 Å². The van der Waals surface area contributed by atoms with E-state index >= 15 is 0 Å². The summed E-state index contributed by atoms with van der Waals surface area (Å²) in [7, 11) is -3.72. The summed E-state index contributed by atoms with van der Waals surface area (Å²) in [4.78, 5) is 4.06. The quantitative estimate of drug-likeness (QED) is 0.353. The lowest BCUT2D eigenvalue weighted by atomic mass is 10.1. The molecule has 1 aliphatic rings. The van der Waals surface area contributed by atoms with E-state index < -0.39 is 15.5 Å². The van der Waals surface area contributed by atoms with Crippen molar-refractivity contribution in [1.29, 1.82) is 5.26 Å². The molecule has 1 aromatic carbocycles. The van der Waals surface area contributed by atoms with Crippen LogP contribution in [0.2, 0.25) is 0 Å². The zero-order valence-electron chi connectivity index (χ0n) is 15.0. The molecule has 0 atom stereocenters. The Balaban J connectivity index is 0.00000392. The standard InChI is InChI=1S/C16H20F3N5O2S.HI/c1-21-15(22-11-13-4-2-3-12(9-13)10-20)23-14-5-7-24(8-6-14)27(25,26)16(17,18)19;/h2-4,9,14H,5-8,11H2,1H3,(H2,21,22,23);1H. The number of halogens is 4. The van der Waals surface area contributed by atoms with Gasteiger partial charge in [-0.1, -0.05) is 12.1 Å². The van der Waals surface area contributed by atoms with Crippen LogP contribution in [0.3, 0.4) is 0 Å². The van der Waals surface area contributed by atoms with Crippen molar-refractivity contribution in [2.75, 3.05) is 20.1 Å². The minimum absolute atomic E-state index is 0. The minimum Gasteiger partial charge on any atom is -0.354 e. The molecule has 28 heavy (non-hydrogen) atoms. The molecule has 156 valence electrons. The molecule has 0 bridgehead atoms. The van der Waals surface area contributed by atoms with Crippen molar-refractivity contribution in [1.82, 2.24) is 14.9 Å². The highest BCUT2D eigenvalue weighted by Crippen LogP contribution is 2.28. The van der Waals surface area contributed by atoms with Crippen molar-refractivity contribution in [3.8, 4) is 6.07 Å². The first kappa shape index (κ1) is 24.4. The van der Waals surface area contributed by atoms with Gasteiger partial charge in [0.05, 0.1) is 11.6 Å². The molecule has 0 aliphatic carbocycles. The zero-order valence-corrected chi connectivity index (χ0v) is 18.2. The Hall–Kier alpha value is -1.59. The third-order valence-corrected chi connectivity index (χ3v) is 5.80. The number of piperidine rings is 1. The van der Waals surface area contributed by atoms with Crippen LogP contribution in [-0.2, 0) is 16.6 Å². The van der Waals surface area contributed by atoms with Gasteiger partial charge >= 0.3 is 15.5 Å². The lowest BCUT2D eigenvalue weighted by Crippen LogP contribution is -2.51. The van der Waals surface area contributed by atoms with Crippen LogP contribution in [0.5, 0.6) is 0 Å². The molecule has 1 heterocycles. The van der Waals surface area contributed by atoms with E-state index in [1.54, 1.807) is 25.2 Å². The van der Waals surface area contributed by atoms with Crippen molar-refractivity contribution < 1.29 is 21.6 Å². The number of rotatable bonds is 4. The molecular weight excluding hydrogens is 510 g/mol. The number of sulfonamides is 1. The average Bonchev–Trinajstić information content (AvgIpc) is 2.64. The first-order chi connectivity index (χ1) is 12.7. The van der Waals surface area contributed by atoms with E-state index in [0.717, 1.165) is 5.56 Å². The van der Waals surface area contributed by atoms with Gasteiger partial charge in [-0.25, -0.2) is 8.42 Å². The topological polar surface area (TPSA) is 97.6 Å². The molecule has 0 unspecified atom stereocenters. The second kappa shape index (κ2) is 10.3. The fourth-order valence-corrected chi connectivity index (χ4v) is 3.70. The van der Waals surface area contributed by atoms with Crippen molar-refractivity contribution in [2.45, 2.75) is 30.9 Å². The summed E-state index contributed by atoms with van der Waals surface area (Å²) in [6.45, 7) is -0.00205. The molecule has 7 nitrogen and oxygen atoms in total. The first-order valence-electron chi connectivity index (χ1n) is 8.20.